The molecule has 1 aromatic carbocycles. The molecule has 0 bridgehead atoms. The molecular formula is C15H17NO. The molecule has 1 aromatic rings. The van der Waals surface area contributed by atoms with Crippen molar-refractivity contribution in [1.29, 1.82) is 0 Å². The van der Waals surface area contributed by atoms with E-state index in [0.717, 1.165) is 36.3 Å². The van der Waals surface area contributed by atoms with E-state index in [9.17, 15) is 4.79 Å². The first-order chi connectivity index (χ1) is 8.27. The zero-order chi connectivity index (χ0) is 12.3. The number of para-hydroxylation sites is 1. The number of fused-ring (bicyclic) bond motifs is 1. The van der Waals surface area contributed by atoms with Crippen LogP contribution < -0.4 is 4.90 Å². The highest BCUT2D eigenvalue weighted by atomic mass is 16.1. The van der Waals surface area contributed by atoms with Gasteiger partial charge in [-0.25, -0.2) is 0 Å². The van der Waals surface area contributed by atoms with Crippen LogP contribution in [0.2, 0.25) is 0 Å². The minimum atomic E-state index is 0.162. The van der Waals surface area contributed by atoms with Crippen LogP contribution in [0.5, 0.6) is 0 Å². The highest BCUT2D eigenvalue weighted by Gasteiger charge is 2.22. The van der Waals surface area contributed by atoms with Crippen LogP contribution in [0.1, 0.15) is 23.7 Å². The maximum absolute atomic E-state index is 12.3. The Hall–Kier alpha value is -1.83. The van der Waals surface area contributed by atoms with Crippen molar-refractivity contribution in [2.24, 2.45) is 0 Å². The average Bonchev–Trinajstić information content (AvgIpc) is 2.49. The van der Waals surface area contributed by atoms with Gasteiger partial charge in [0, 0.05) is 24.3 Å². The second kappa shape index (κ2) is 5.00. The van der Waals surface area contributed by atoms with Crippen molar-refractivity contribution < 1.29 is 4.79 Å². The van der Waals surface area contributed by atoms with Gasteiger partial charge in [0.15, 0.2) is 5.78 Å². The van der Waals surface area contributed by atoms with Crippen LogP contribution in [0, 0.1) is 0 Å². The molecule has 1 heterocycles. The van der Waals surface area contributed by atoms with Crippen LogP contribution in [0.4, 0.5) is 5.69 Å². The van der Waals surface area contributed by atoms with Gasteiger partial charge in [0.05, 0.1) is 0 Å². The topological polar surface area (TPSA) is 20.3 Å². The highest BCUT2D eigenvalue weighted by Crippen LogP contribution is 2.28. The van der Waals surface area contributed by atoms with Gasteiger partial charge in [-0.3, -0.25) is 4.79 Å². The van der Waals surface area contributed by atoms with Crippen molar-refractivity contribution in [3.8, 4) is 0 Å². The molecule has 0 saturated carbocycles. The minimum Gasteiger partial charge on any atom is -0.367 e. The van der Waals surface area contributed by atoms with Gasteiger partial charge < -0.3 is 4.90 Å². The van der Waals surface area contributed by atoms with Gasteiger partial charge in [-0.2, -0.15) is 0 Å². The van der Waals surface area contributed by atoms with E-state index in [1.54, 1.807) is 0 Å². The van der Waals surface area contributed by atoms with Crippen molar-refractivity contribution in [3.63, 3.8) is 0 Å². The fourth-order valence-electron chi connectivity index (χ4n) is 2.22. The van der Waals surface area contributed by atoms with Gasteiger partial charge in [0.1, 0.15) is 0 Å². The molecule has 1 aliphatic rings. The fraction of sp³-hybridized carbons (Fsp3) is 0.267. The van der Waals surface area contributed by atoms with Gasteiger partial charge in [-0.1, -0.05) is 24.3 Å². The third-order valence-corrected chi connectivity index (χ3v) is 3.13. The summed E-state index contributed by atoms with van der Waals surface area (Å²) in [5, 5.41) is 0. The van der Waals surface area contributed by atoms with Crippen LogP contribution in [0.25, 0.3) is 0 Å². The third-order valence-electron chi connectivity index (χ3n) is 3.13. The van der Waals surface area contributed by atoms with Crippen LogP contribution >= 0.6 is 0 Å². The molecule has 0 amide bonds. The first-order valence-electron chi connectivity index (χ1n) is 5.92. The molecule has 0 aromatic heterocycles. The molecule has 2 nitrogen and oxygen atoms in total. The summed E-state index contributed by atoms with van der Waals surface area (Å²) in [6, 6.07) is 7.81. The molecule has 0 spiro atoms. The summed E-state index contributed by atoms with van der Waals surface area (Å²) in [5.41, 5.74) is 2.73. The first kappa shape index (κ1) is 11.6. The van der Waals surface area contributed by atoms with Crippen molar-refractivity contribution in [1.82, 2.24) is 0 Å². The van der Waals surface area contributed by atoms with Gasteiger partial charge in [-0.05, 0) is 31.1 Å². The molecule has 1 aliphatic heterocycles. The molecule has 2 rings (SSSR count). The Morgan fingerprint density at radius 2 is 2.18 bits per heavy atom. The number of nitrogens with zero attached hydrogens (tertiary/aromatic N) is 1. The standard InChI is InChI=1S/C15H17NO/c1-3-10-16-11-9-12(4-2)15(17)13-7-5-6-8-14(13)16/h3-8H,1,9-11H2,2H3/b12-4-. The Labute approximate surface area is 102 Å². The van der Waals surface area contributed by atoms with E-state index in [4.69, 9.17) is 0 Å². The van der Waals surface area contributed by atoms with Crippen LogP contribution in [0.3, 0.4) is 0 Å². The van der Waals surface area contributed by atoms with Crippen LogP contribution in [0.15, 0.2) is 48.6 Å². The van der Waals surface area contributed by atoms with Gasteiger partial charge in [-0.15, -0.1) is 6.58 Å². The number of anilines is 1. The zero-order valence-electron chi connectivity index (χ0n) is 10.1. The van der Waals surface area contributed by atoms with Crippen LogP contribution in [-0.2, 0) is 0 Å². The Kier molecular flexibility index (Phi) is 3.43. The summed E-state index contributed by atoms with van der Waals surface area (Å²) in [7, 11) is 0. The zero-order valence-corrected chi connectivity index (χ0v) is 10.1. The SMILES string of the molecule is C=CCN1CC/C(=C/C)C(=O)c2ccccc21. The minimum absolute atomic E-state index is 0.162. The summed E-state index contributed by atoms with van der Waals surface area (Å²) in [4.78, 5) is 14.5. The van der Waals surface area contributed by atoms with Gasteiger partial charge in [0.2, 0.25) is 0 Å². The van der Waals surface area contributed by atoms with Crippen LogP contribution in [-0.4, -0.2) is 18.9 Å². The maximum atomic E-state index is 12.3. The number of carbonyl (C=O) groups excluding carboxylic acids is 1. The molecule has 17 heavy (non-hydrogen) atoms. The summed E-state index contributed by atoms with van der Waals surface area (Å²) >= 11 is 0. The van der Waals surface area contributed by atoms with Crippen molar-refractivity contribution >= 4 is 11.5 Å². The Morgan fingerprint density at radius 3 is 2.88 bits per heavy atom. The van der Waals surface area contributed by atoms with E-state index >= 15 is 0 Å². The normalized spacial score (nSPS) is 17.8. The van der Waals surface area contributed by atoms with E-state index in [0.29, 0.717) is 0 Å². The van der Waals surface area contributed by atoms with E-state index < -0.39 is 0 Å². The Balaban J connectivity index is 2.50. The van der Waals surface area contributed by atoms with Gasteiger partial charge in [0.25, 0.3) is 0 Å². The summed E-state index contributed by atoms with van der Waals surface area (Å²) in [6.45, 7) is 7.35. The number of benzene rings is 1. The molecule has 0 atom stereocenters. The number of allylic oxidation sites excluding steroid dienone is 1. The molecule has 88 valence electrons. The van der Waals surface area contributed by atoms with E-state index in [1.165, 1.54) is 0 Å². The smallest absolute Gasteiger partial charge is 0.190 e. The lowest BCUT2D eigenvalue weighted by atomic mass is 10.0. The summed E-state index contributed by atoms with van der Waals surface area (Å²) < 4.78 is 0. The fourth-order valence-corrected chi connectivity index (χ4v) is 2.22. The van der Waals surface area contributed by atoms with Crippen molar-refractivity contribution in [3.05, 3.63) is 54.1 Å². The first-order valence-corrected chi connectivity index (χ1v) is 5.92. The lowest BCUT2D eigenvalue weighted by molar-refractivity contribution is 0.103. The van der Waals surface area contributed by atoms with E-state index in [1.807, 2.05) is 43.3 Å². The summed E-state index contributed by atoms with van der Waals surface area (Å²) in [6.07, 6.45) is 4.61. The molecule has 0 saturated heterocycles. The summed E-state index contributed by atoms with van der Waals surface area (Å²) in [5.74, 6) is 0.162. The largest absolute Gasteiger partial charge is 0.367 e. The third kappa shape index (κ3) is 2.16. The lowest BCUT2D eigenvalue weighted by Gasteiger charge is -2.22. The molecule has 0 aliphatic carbocycles. The van der Waals surface area contributed by atoms with E-state index in [2.05, 4.69) is 11.5 Å². The van der Waals surface area contributed by atoms with E-state index in [-0.39, 0.29) is 5.78 Å². The number of Topliss-reactive ketones (excluding diaryl/α,β-unsaturated/α-hetero) is 1. The van der Waals surface area contributed by atoms with Gasteiger partial charge >= 0.3 is 0 Å². The average molecular weight is 227 g/mol. The predicted molar refractivity (Wildman–Crippen MR) is 71.6 cm³/mol. The molecular weight excluding hydrogens is 210 g/mol. The molecule has 2 heteroatoms. The quantitative estimate of drug-likeness (QED) is 0.571. The molecule has 0 N–H and O–H groups in total. The molecule has 0 fully saturated rings. The number of hydrogen-bond acceptors (Lipinski definition) is 2. The Bertz CT molecular complexity index is 474. The number of rotatable bonds is 2. The maximum Gasteiger partial charge on any atom is 0.190 e. The number of carbonyl (C=O) groups is 1. The monoisotopic (exact) mass is 227 g/mol. The van der Waals surface area contributed by atoms with Crippen molar-refractivity contribution in [2.75, 3.05) is 18.0 Å². The number of ketones is 1. The highest BCUT2D eigenvalue weighted by molar-refractivity contribution is 6.12. The second-order valence-corrected chi connectivity index (χ2v) is 4.14. The van der Waals surface area contributed by atoms with Crippen molar-refractivity contribution in [2.45, 2.75) is 13.3 Å². The second-order valence-electron chi connectivity index (χ2n) is 4.14. The molecule has 0 radical (unpaired) electrons. The lowest BCUT2D eigenvalue weighted by Crippen LogP contribution is -2.24. The number of hydrogen-bond donors (Lipinski definition) is 0. The Morgan fingerprint density at radius 1 is 1.41 bits per heavy atom. The molecule has 0 unspecified atom stereocenters. The predicted octanol–water partition coefficient (Wildman–Crippen LogP) is 3.21.